The summed E-state index contributed by atoms with van der Waals surface area (Å²) in [6.45, 7) is 4.47. The van der Waals surface area contributed by atoms with Crippen molar-refractivity contribution in [3.8, 4) is 11.3 Å². The lowest BCUT2D eigenvalue weighted by molar-refractivity contribution is 0.582. The predicted molar refractivity (Wildman–Crippen MR) is 62.7 cm³/mol. The number of hydrogen-bond acceptors (Lipinski definition) is 1. The highest BCUT2D eigenvalue weighted by Gasteiger charge is 2.02. The van der Waals surface area contributed by atoms with Crippen LogP contribution in [0.4, 0.5) is 0 Å². The van der Waals surface area contributed by atoms with E-state index in [9.17, 15) is 0 Å². The minimum atomic E-state index is 0.692. The molecule has 0 aliphatic heterocycles. The summed E-state index contributed by atoms with van der Waals surface area (Å²) in [6, 6.07) is 12.5. The Hall–Kier alpha value is -1.50. The first-order valence-corrected chi connectivity index (χ1v) is 5.38. The first kappa shape index (κ1) is 10.0. The first-order chi connectivity index (χ1) is 7.25. The molecule has 15 heavy (non-hydrogen) atoms. The van der Waals surface area contributed by atoms with Crippen LogP contribution >= 0.6 is 0 Å². The molecular weight excluding hydrogens is 184 g/mol. The second kappa shape index (κ2) is 4.35. The van der Waals surface area contributed by atoms with Gasteiger partial charge in [0.05, 0.1) is 6.26 Å². The topological polar surface area (TPSA) is 13.1 Å². The Balaban J connectivity index is 2.27. The maximum atomic E-state index is 5.38. The van der Waals surface area contributed by atoms with Gasteiger partial charge in [-0.05, 0) is 36.1 Å². The van der Waals surface area contributed by atoms with Gasteiger partial charge in [0.2, 0.25) is 0 Å². The van der Waals surface area contributed by atoms with E-state index in [4.69, 9.17) is 4.42 Å². The van der Waals surface area contributed by atoms with Crippen LogP contribution in [0.3, 0.4) is 0 Å². The third-order valence-corrected chi connectivity index (χ3v) is 2.38. The molecule has 0 amide bonds. The fraction of sp³-hybridized carbons (Fsp3) is 0.286. The molecule has 1 aromatic heterocycles. The zero-order valence-electron chi connectivity index (χ0n) is 9.23. The van der Waals surface area contributed by atoms with Gasteiger partial charge in [-0.2, -0.15) is 0 Å². The summed E-state index contributed by atoms with van der Waals surface area (Å²) in [5, 5.41) is 0. The van der Waals surface area contributed by atoms with Crippen molar-refractivity contribution in [1.29, 1.82) is 0 Å². The molecule has 1 heteroatoms. The number of hydrogen-bond donors (Lipinski definition) is 0. The Morgan fingerprint density at radius 2 is 2.00 bits per heavy atom. The molecule has 1 aromatic carbocycles. The van der Waals surface area contributed by atoms with E-state index >= 15 is 0 Å². The van der Waals surface area contributed by atoms with Crippen LogP contribution in [0.25, 0.3) is 11.3 Å². The van der Waals surface area contributed by atoms with Crippen LogP contribution in [0, 0.1) is 5.92 Å². The SMILES string of the molecule is CC(C)Cc1cccc(-c2ccco2)c1. The molecule has 1 heterocycles. The lowest BCUT2D eigenvalue weighted by Crippen LogP contribution is -1.93. The predicted octanol–water partition coefficient (Wildman–Crippen LogP) is 4.15. The van der Waals surface area contributed by atoms with Crippen LogP contribution < -0.4 is 0 Å². The van der Waals surface area contributed by atoms with Crippen molar-refractivity contribution >= 4 is 0 Å². The van der Waals surface area contributed by atoms with Crippen molar-refractivity contribution in [2.24, 2.45) is 5.92 Å². The van der Waals surface area contributed by atoms with Crippen LogP contribution in [-0.4, -0.2) is 0 Å². The fourth-order valence-corrected chi connectivity index (χ4v) is 1.77. The van der Waals surface area contributed by atoms with Crippen molar-refractivity contribution in [2.45, 2.75) is 20.3 Å². The number of furan rings is 1. The Labute approximate surface area is 90.7 Å². The minimum absolute atomic E-state index is 0.692. The molecule has 78 valence electrons. The number of rotatable bonds is 3. The molecule has 0 unspecified atom stereocenters. The largest absolute Gasteiger partial charge is 0.464 e. The summed E-state index contributed by atoms with van der Waals surface area (Å²) in [4.78, 5) is 0. The quantitative estimate of drug-likeness (QED) is 0.725. The van der Waals surface area contributed by atoms with Gasteiger partial charge in [0.15, 0.2) is 0 Å². The van der Waals surface area contributed by atoms with Gasteiger partial charge >= 0.3 is 0 Å². The smallest absolute Gasteiger partial charge is 0.133 e. The van der Waals surface area contributed by atoms with Crippen LogP contribution in [0.15, 0.2) is 47.1 Å². The fourth-order valence-electron chi connectivity index (χ4n) is 1.77. The Kier molecular flexibility index (Phi) is 2.91. The molecule has 0 bridgehead atoms. The van der Waals surface area contributed by atoms with E-state index in [1.54, 1.807) is 6.26 Å². The number of benzene rings is 1. The van der Waals surface area contributed by atoms with E-state index in [1.807, 2.05) is 12.1 Å². The summed E-state index contributed by atoms with van der Waals surface area (Å²) >= 11 is 0. The maximum absolute atomic E-state index is 5.38. The molecule has 0 saturated carbocycles. The average Bonchev–Trinajstić information content (AvgIpc) is 2.69. The third kappa shape index (κ3) is 2.50. The normalized spacial score (nSPS) is 10.9. The Bertz CT molecular complexity index is 413. The molecule has 0 fully saturated rings. The van der Waals surface area contributed by atoms with Crippen molar-refractivity contribution in [2.75, 3.05) is 0 Å². The van der Waals surface area contributed by atoms with Gasteiger partial charge in [-0.1, -0.05) is 32.0 Å². The molecule has 1 nitrogen and oxygen atoms in total. The summed E-state index contributed by atoms with van der Waals surface area (Å²) in [6.07, 6.45) is 2.83. The monoisotopic (exact) mass is 200 g/mol. The second-order valence-electron chi connectivity index (χ2n) is 4.28. The van der Waals surface area contributed by atoms with Crippen LogP contribution in [0.5, 0.6) is 0 Å². The second-order valence-corrected chi connectivity index (χ2v) is 4.28. The van der Waals surface area contributed by atoms with E-state index in [2.05, 4.69) is 38.1 Å². The van der Waals surface area contributed by atoms with Gasteiger partial charge in [-0.3, -0.25) is 0 Å². The van der Waals surface area contributed by atoms with Crippen LogP contribution in [0.2, 0.25) is 0 Å². The standard InChI is InChI=1S/C14H16O/c1-11(2)9-12-5-3-6-13(10-12)14-7-4-8-15-14/h3-8,10-11H,9H2,1-2H3. The molecule has 0 saturated heterocycles. The zero-order valence-corrected chi connectivity index (χ0v) is 9.23. The molecule has 0 aliphatic rings. The molecule has 2 rings (SSSR count). The van der Waals surface area contributed by atoms with Gasteiger partial charge in [0, 0.05) is 5.56 Å². The highest BCUT2D eigenvalue weighted by atomic mass is 16.3. The van der Waals surface area contributed by atoms with E-state index in [0.29, 0.717) is 5.92 Å². The molecule has 0 aliphatic carbocycles. The summed E-state index contributed by atoms with van der Waals surface area (Å²) < 4.78 is 5.38. The lowest BCUT2D eigenvalue weighted by Gasteiger charge is -2.06. The Morgan fingerprint density at radius 1 is 1.13 bits per heavy atom. The van der Waals surface area contributed by atoms with E-state index in [1.165, 1.54) is 5.56 Å². The van der Waals surface area contributed by atoms with Crippen LogP contribution in [0.1, 0.15) is 19.4 Å². The van der Waals surface area contributed by atoms with Crippen LogP contribution in [-0.2, 0) is 6.42 Å². The summed E-state index contributed by atoms with van der Waals surface area (Å²) in [5.41, 5.74) is 2.54. The molecule has 2 aromatic rings. The first-order valence-electron chi connectivity index (χ1n) is 5.38. The maximum Gasteiger partial charge on any atom is 0.133 e. The van der Waals surface area contributed by atoms with Crippen molar-refractivity contribution < 1.29 is 4.42 Å². The van der Waals surface area contributed by atoms with Gasteiger partial charge in [0.1, 0.15) is 5.76 Å². The van der Waals surface area contributed by atoms with E-state index in [0.717, 1.165) is 17.7 Å². The van der Waals surface area contributed by atoms with Gasteiger partial charge < -0.3 is 4.42 Å². The van der Waals surface area contributed by atoms with E-state index in [-0.39, 0.29) is 0 Å². The van der Waals surface area contributed by atoms with Gasteiger partial charge in [0.25, 0.3) is 0 Å². The zero-order chi connectivity index (χ0) is 10.7. The molecular formula is C14H16O. The highest BCUT2D eigenvalue weighted by Crippen LogP contribution is 2.21. The molecule has 0 N–H and O–H groups in total. The summed E-state index contributed by atoms with van der Waals surface area (Å²) in [5.74, 6) is 1.64. The minimum Gasteiger partial charge on any atom is -0.464 e. The third-order valence-electron chi connectivity index (χ3n) is 2.38. The van der Waals surface area contributed by atoms with E-state index < -0.39 is 0 Å². The van der Waals surface area contributed by atoms with Crippen molar-refractivity contribution in [3.05, 3.63) is 48.2 Å². The van der Waals surface area contributed by atoms with Gasteiger partial charge in [-0.15, -0.1) is 0 Å². The lowest BCUT2D eigenvalue weighted by atomic mass is 10.0. The Morgan fingerprint density at radius 3 is 2.67 bits per heavy atom. The summed E-state index contributed by atoms with van der Waals surface area (Å²) in [7, 11) is 0. The molecule has 0 atom stereocenters. The van der Waals surface area contributed by atoms with Crippen molar-refractivity contribution in [1.82, 2.24) is 0 Å². The van der Waals surface area contributed by atoms with Gasteiger partial charge in [-0.25, -0.2) is 0 Å². The average molecular weight is 200 g/mol. The highest BCUT2D eigenvalue weighted by molar-refractivity contribution is 5.58. The van der Waals surface area contributed by atoms with Crippen molar-refractivity contribution in [3.63, 3.8) is 0 Å². The molecule has 0 radical (unpaired) electrons. The molecule has 0 spiro atoms.